The Morgan fingerprint density at radius 2 is 1.20 bits per heavy atom. The SMILES string of the molecule is CCOc1c2c3c(c(Nc4cc(Nc5nc(NCC(=O)O)nc(Nc6cc(S(=O)(=O)O)ccc6S(=O)(=O)O)n5)c(S(=O)(=O)O)cc4S(=O)(=O)O)ccc3[nH]c1=O)C(=O)c1ccccc1-2. The Morgan fingerprint density at radius 3 is 1.77 bits per heavy atom. The number of pyridine rings is 1. The minimum Gasteiger partial charge on any atom is -0.488 e. The van der Waals surface area contributed by atoms with E-state index < -0.39 is 119 Å². The topological polar surface area (TPSA) is 401 Å². The van der Waals surface area contributed by atoms with Gasteiger partial charge in [0.25, 0.3) is 46.0 Å². The molecule has 64 heavy (non-hydrogen) atoms. The molecule has 0 radical (unpaired) electrons. The predicted octanol–water partition coefficient (Wildman–Crippen LogP) is 3.04. The summed E-state index contributed by atoms with van der Waals surface area (Å²) in [6.45, 7) is 0.783. The number of rotatable bonds is 15. The van der Waals surface area contributed by atoms with Gasteiger partial charge in [0, 0.05) is 16.5 Å². The number of benzene rings is 4. The zero-order valence-corrected chi connectivity index (χ0v) is 35.1. The second kappa shape index (κ2) is 16.2. The van der Waals surface area contributed by atoms with Crippen molar-refractivity contribution in [3.8, 4) is 16.9 Å². The number of aromatic nitrogens is 4. The van der Waals surface area contributed by atoms with E-state index in [0.29, 0.717) is 29.8 Å². The molecule has 0 spiro atoms. The van der Waals surface area contributed by atoms with E-state index in [4.69, 9.17) is 4.74 Å². The molecule has 334 valence electrons. The molecular formula is C35H28N8O17S4. The number of hydrogen-bond donors (Lipinski definition) is 10. The highest BCUT2D eigenvalue weighted by Crippen LogP contribution is 2.46. The summed E-state index contributed by atoms with van der Waals surface area (Å²) >= 11 is 0. The summed E-state index contributed by atoms with van der Waals surface area (Å²) in [4.78, 5) is 48.9. The molecule has 4 aromatic carbocycles. The van der Waals surface area contributed by atoms with Gasteiger partial charge in [0.2, 0.25) is 17.8 Å². The molecule has 25 nitrogen and oxygen atoms in total. The van der Waals surface area contributed by atoms with Gasteiger partial charge in [-0.2, -0.15) is 48.6 Å². The van der Waals surface area contributed by atoms with Crippen LogP contribution in [0.3, 0.4) is 0 Å². The number of aliphatic carboxylic acids is 1. The van der Waals surface area contributed by atoms with E-state index in [-0.39, 0.29) is 45.6 Å². The van der Waals surface area contributed by atoms with Crippen LogP contribution in [-0.4, -0.2) is 102 Å². The van der Waals surface area contributed by atoms with Gasteiger partial charge in [-0.3, -0.25) is 32.6 Å². The van der Waals surface area contributed by atoms with E-state index >= 15 is 0 Å². The normalized spacial score (nSPS) is 12.7. The van der Waals surface area contributed by atoms with E-state index in [1.807, 2.05) is 0 Å². The van der Waals surface area contributed by atoms with Crippen molar-refractivity contribution in [1.82, 2.24) is 19.9 Å². The van der Waals surface area contributed by atoms with E-state index in [1.54, 1.807) is 25.1 Å². The summed E-state index contributed by atoms with van der Waals surface area (Å²) in [7, 11) is -21.0. The lowest BCUT2D eigenvalue weighted by Crippen LogP contribution is -2.19. The molecule has 29 heteroatoms. The molecule has 6 aromatic rings. The molecule has 1 aliphatic rings. The number of ether oxygens (including phenoxy) is 1. The van der Waals surface area contributed by atoms with Crippen LogP contribution in [0.25, 0.3) is 22.0 Å². The first-order valence-electron chi connectivity index (χ1n) is 17.6. The minimum absolute atomic E-state index is 0.0429. The van der Waals surface area contributed by atoms with Crippen LogP contribution in [0.15, 0.2) is 91.1 Å². The first-order valence-corrected chi connectivity index (χ1v) is 23.4. The summed E-state index contributed by atoms with van der Waals surface area (Å²) in [5, 5.41) is 19.0. The van der Waals surface area contributed by atoms with Crippen molar-refractivity contribution in [2.75, 3.05) is 34.4 Å². The third-order valence-corrected chi connectivity index (χ3v) is 12.6. The van der Waals surface area contributed by atoms with Gasteiger partial charge in [0.05, 0.1) is 45.3 Å². The summed E-state index contributed by atoms with van der Waals surface area (Å²) < 4.78 is 145. The lowest BCUT2D eigenvalue weighted by Gasteiger charge is -2.24. The van der Waals surface area contributed by atoms with E-state index in [0.717, 1.165) is 6.07 Å². The third kappa shape index (κ3) is 8.89. The van der Waals surface area contributed by atoms with Crippen molar-refractivity contribution in [3.63, 3.8) is 0 Å². The number of H-pyrrole nitrogens is 1. The number of fused-ring (bicyclic) bond motifs is 2. The number of ketones is 1. The first kappa shape index (κ1) is 44.9. The number of carboxylic acids is 1. The van der Waals surface area contributed by atoms with E-state index in [1.165, 1.54) is 18.2 Å². The summed E-state index contributed by atoms with van der Waals surface area (Å²) in [5.74, 6) is -4.45. The zero-order chi connectivity index (χ0) is 46.7. The van der Waals surface area contributed by atoms with Gasteiger partial charge < -0.3 is 36.1 Å². The van der Waals surface area contributed by atoms with E-state index in [2.05, 4.69) is 41.2 Å². The number of carboxylic acid groups (broad SMARTS) is 1. The monoisotopic (exact) mass is 960 g/mol. The molecule has 0 saturated carbocycles. The van der Waals surface area contributed by atoms with Crippen LogP contribution < -0.4 is 31.6 Å². The number of carbonyl (C=O) groups excluding carboxylic acids is 1. The number of nitrogens with zero attached hydrogens (tertiary/aromatic N) is 3. The van der Waals surface area contributed by atoms with Crippen LogP contribution in [0.1, 0.15) is 22.8 Å². The third-order valence-electron chi connectivity index (χ3n) is 9.05. The fourth-order valence-corrected chi connectivity index (χ4v) is 9.09. The molecule has 0 fully saturated rings. The molecule has 1 aliphatic carbocycles. The standard InChI is InChI=1S/C35H28N8O17S4/c1-2-60-31-27-16-5-3-4-6-17(16)30(46)29-19(9-8-18(28(27)29)38-32(31)47)37-21-12-22(25(64(57,58)59)13-24(21)63(54,55)56)40-35-42-33(36-14-26(44)45)41-34(43-35)39-20-11-15(61(48,49)50)7-10-23(20)62(51,52)53/h3-13,37H,2,14H2,1H3,(H,38,47)(H,44,45)(H,48,49,50)(H,51,52,53)(H,54,55,56)(H,57,58,59)(H3,36,39,40,41,42,43). The Hall–Kier alpha value is -7.12. The molecule has 0 bridgehead atoms. The lowest BCUT2D eigenvalue weighted by atomic mass is 9.83. The molecule has 0 atom stereocenters. The molecule has 2 heterocycles. The molecule has 0 amide bonds. The fraction of sp³-hybridized carbons (Fsp3) is 0.0857. The van der Waals surface area contributed by atoms with Gasteiger partial charge in [0.1, 0.15) is 21.2 Å². The maximum atomic E-state index is 14.2. The summed E-state index contributed by atoms with van der Waals surface area (Å²) in [6, 6.07) is 11.7. The summed E-state index contributed by atoms with van der Waals surface area (Å²) in [6.07, 6.45) is 0. The quantitative estimate of drug-likeness (QED) is 0.0660. The molecule has 2 aromatic heterocycles. The molecule has 7 rings (SSSR count). The van der Waals surface area contributed by atoms with Crippen LogP contribution in [-0.2, 0) is 45.3 Å². The van der Waals surface area contributed by atoms with Gasteiger partial charge in [-0.1, -0.05) is 24.3 Å². The highest BCUT2D eigenvalue weighted by atomic mass is 32.2. The van der Waals surface area contributed by atoms with Crippen LogP contribution in [0.4, 0.5) is 40.6 Å². The van der Waals surface area contributed by atoms with Crippen molar-refractivity contribution < 1.29 is 71.3 Å². The second-order valence-electron chi connectivity index (χ2n) is 13.2. The Morgan fingerprint density at radius 1 is 0.641 bits per heavy atom. The lowest BCUT2D eigenvalue weighted by molar-refractivity contribution is -0.134. The highest BCUT2D eigenvalue weighted by molar-refractivity contribution is 7.87. The van der Waals surface area contributed by atoms with E-state index in [9.17, 15) is 71.4 Å². The van der Waals surface area contributed by atoms with Crippen molar-refractivity contribution in [1.29, 1.82) is 0 Å². The molecule has 0 saturated heterocycles. The van der Waals surface area contributed by atoms with Crippen molar-refractivity contribution in [3.05, 3.63) is 88.2 Å². The van der Waals surface area contributed by atoms with Crippen LogP contribution in [0.5, 0.6) is 5.75 Å². The Kier molecular flexibility index (Phi) is 11.4. The molecule has 0 unspecified atom stereocenters. The van der Waals surface area contributed by atoms with Crippen LogP contribution in [0.2, 0.25) is 0 Å². The number of anilines is 7. The van der Waals surface area contributed by atoms with Gasteiger partial charge in [-0.15, -0.1) is 0 Å². The maximum absolute atomic E-state index is 14.2. The number of aromatic amines is 1. The van der Waals surface area contributed by atoms with Gasteiger partial charge >= 0.3 is 5.97 Å². The second-order valence-corrected chi connectivity index (χ2v) is 18.8. The smallest absolute Gasteiger partial charge is 0.322 e. The largest absolute Gasteiger partial charge is 0.488 e. The Labute approximate surface area is 359 Å². The van der Waals surface area contributed by atoms with Crippen LogP contribution in [0, 0.1) is 0 Å². The average molecular weight is 961 g/mol. The maximum Gasteiger partial charge on any atom is 0.322 e. The zero-order valence-electron chi connectivity index (χ0n) is 31.9. The van der Waals surface area contributed by atoms with Gasteiger partial charge in [-0.25, -0.2) is 0 Å². The van der Waals surface area contributed by atoms with Crippen molar-refractivity contribution >= 4 is 104 Å². The first-order chi connectivity index (χ1) is 29.8. The van der Waals surface area contributed by atoms with Crippen LogP contribution >= 0.6 is 0 Å². The fourth-order valence-electron chi connectivity index (χ4n) is 6.57. The van der Waals surface area contributed by atoms with Gasteiger partial charge in [-0.05, 0) is 55.0 Å². The highest BCUT2D eigenvalue weighted by Gasteiger charge is 2.33. The molecule has 10 N–H and O–H groups in total. The van der Waals surface area contributed by atoms with Crippen molar-refractivity contribution in [2.45, 2.75) is 26.5 Å². The predicted molar refractivity (Wildman–Crippen MR) is 223 cm³/mol. The molecular weight excluding hydrogens is 933 g/mol. The Bertz CT molecular complexity index is 3530. The molecule has 0 aliphatic heterocycles. The number of carbonyl (C=O) groups is 2. The minimum atomic E-state index is -5.47. The number of hydrogen-bond acceptors (Lipinski definition) is 19. The van der Waals surface area contributed by atoms with Gasteiger partial charge in [0.15, 0.2) is 11.5 Å². The van der Waals surface area contributed by atoms with Crippen molar-refractivity contribution in [2.24, 2.45) is 0 Å². The average Bonchev–Trinajstić information content (AvgIpc) is 3.18. The number of nitrogens with one attached hydrogen (secondary N) is 5. The Balaban J connectivity index is 1.42. The summed E-state index contributed by atoms with van der Waals surface area (Å²) in [5.41, 5.74) is -2.33.